The fraction of sp³-hybridized carbons (Fsp3) is 0.538. The molecule has 1 heterocycles. The third-order valence-corrected chi connectivity index (χ3v) is 3.42. The van der Waals surface area contributed by atoms with Gasteiger partial charge < -0.3 is 20.5 Å². The second-order valence-corrected chi connectivity index (χ2v) is 4.91. The Bertz CT molecular complexity index is 394. The van der Waals surface area contributed by atoms with E-state index in [0.29, 0.717) is 0 Å². The molecule has 17 heavy (non-hydrogen) atoms. The molecule has 4 heteroatoms. The number of anilines is 2. The van der Waals surface area contributed by atoms with Crippen LogP contribution in [0.3, 0.4) is 0 Å². The molecule has 1 aromatic carbocycles. The van der Waals surface area contributed by atoms with Gasteiger partial charge in [0.25, 0.3) is 0 Å². The standard InChI is InChI=1S/C13H20N2O2/c1-13(16)5-7-15(8-6-13)12-4-3-10(17-2)9-11(12)14/h3-4,9,16H,5-8,14H2,1-2H3. The van der Waals surface area contributed by atoms with E-state index in [-0.39, 0.29) is 0 Å². The molecule has 4 nitrogen and oxygen atoms in total. The molecule has 0 bridgehead atoms. The van der Waals surface area contributed by atoms with Crippen LogP contribution in [0, 0.1) is 0 Å². The van der Waals surface area contributed by atoms with Gasteiger partial charge in [-0.05, 0) is 31.9 Å². The number of hydrogen-bond donors (Lipinski definition) is 2. The van der Waals surface area contributed by atoms with Crippen molar-refractivity contribution in [1.82, 2.24) is 0 Å². The smallest absolute Gasteiger partial charge is 0.121 e. The van der Waals surface area contributed by atoms with E-state index in [2.05, 4.69) is 4.90 Å². The number of nitrogen functional groups attached to an aromatic ring is 1. The van der Waals surface area contributed by atoms with Crippen LogP contribution in [0.4, 0.5) is 11.4 Å². The zero-order chi connectivity index (χ0) is 12.5. The maximum absolute atomic E-state index is 9.91. The Kier molecular flexibility index (Phi) is 3.15. The molecule has 1 aliphatic heterocycles. The average molecular weight is 236 g/mol. The van der Waals surface area contributed by atoms with Gasteiger partial charge in [0.15, 0.2) is 0 Å². The van der Waals surface area contributed by atoms with E-state index in [1.54, 1.807) is 7.11 Å². The maximum Gasteiger partial charge on any atom is 0.121 e. The zero-order valence-corrected chi connectivity index (χ0v) is 10.4. The maximum atomic E-state index is 9.91. The Balaban J connectivity index is 2.13. The van der Waals surface area contributed by atoms with E-state index in [4.69, 9.17) is 10.5 Å². The number of nitrogens with two attached hydrogens (primary N) is 1. The largest absolute Gasteiger partial charge is 0.497 e. The summed E-state index contributed by atoms with van der Waals surface area (Å²) in [6.07, 6.45) is 1.55. The normalized spacial score (nSPS) is 19.1. The highest BCUT2D eigenvalue weighted by molar-refractivity contribution is 5.69. The van der Waals surface area contributed by atoms with Crippen LogP contribution in [0.1, 0.15) is 19.8 Å². The highest BCUT2D eigenvalue weighted by Gasteiger charge is 2.27. The van der Waals surface area contributed by atoms with Gasteiger partial charge >= 0.3 is 0 Å². The van der Waals surface area contributed by atoms with Gasteiger partial charge in [0.05, 0.1) is 24.1 Å². The molecule has 0 aliphatic carbocycles. The van der Waals surface area contributed by atoms with Crippen LogP contribution < -0.4 is 15.4 Å². The Hall–Kier alpha value is -1.42. The molecule has 0 atom stereocenters. The molecule has 0 saturated carbocycles. The summed E-state index contributed by atoms with van der Waals surface area (Å²) in [5, 5.41) is 9.91. The van der Waals surface area contributed by atoms with E-state index in [1.165, 1.54) is 0 Å². The van der Waals surface area contributed by atoms with Crippen molar-refractivity contribution in [1.29, 1.82) is 0 Å². The SMILES string of the molecule is COc1ccc(N2CCC(C)(O)CC2)c(N)c1. The van der Waals surface area contributed by atoms with Gasteiger partial charge in [0.1, 0.15) is 5.75 Å². The van der Waals surface area contributed by atoms with E-state index >= 15 is 0 Å². The van der Waals surface area contributed by atoms with Crippen LogP contribution in [0.5, 0.6) is 5.75 Å². The van der Waals surface area contributed by atoms with Gasteiger partial charge in [0, 0.05) is 19.2 Å². The molecule has 0 aromatic heterocycles. The molecule has 0 spiro atoms. The van der Waals surface area contributed by atoms with Crippen molar-refractivity contribution < 1.29 is 9.84 Å². The van der Waals surface area contributed by atoms with Gasteiger partial charge in [-0.1, -0.05) is 0 Å². The fourth-order valence-electron chi connectivity index (χ4n) is 2.18. The van der Waals surface area contributed by atoms with Gasteiger partial charge in [-0.15, -0.1) is 0 Å². The van der Waals surface area contributed by atoms with Crippen molar-refractivity contribution in [2.75, 3.05) is 30.8 Å². The van der Waals surface area contributed by atoms with E-state index < -0.39 is 5.60 Å². The first-order valence-corrected chi connectivity index (χ1v) is 5.93. The number of ether oxygens (including phenoxy) is 1. The number of nitrogens with zero attached hydrogens (tertiary/aromatic N) is 1. The van der Waals surface area contributed by atoms with Crippen LogP contribution in [-0.2, 0) is 0 Å². The van der Waals surface area contributed by atoms with Gasteiger partial charge in [-0.25, -0.2) is 0 Å². The van der Waals surface area contributed by atoms with Crippen LogP contribution in [0.2, 0.25) is 0 Å². The number of rotatable bonds is 2. The van der Waals surface area contributed by atoms with Crippen LogP contribution in [0.15, 0.2) is 18.2 Å². The number of piperidine rings is 1. The minimum Gasteiger partial charge on any atom is -0.497 e. The summed E-state index contributed by atoms with van der Waals surface area (Å²) in [6.45, 7) is 3.56. The molecule has 1 saturated heterocycles. The lowest BCUT2D eigenvalue weighted by Gasteiger charge is -2.37. The summed E-state index contributed by atoms with van der Waals surface area (Å²) in [5.41, 5.74) is 7.24. The highest BCUT2D eigenvalue weighted by atomic mass is 16.5. The summed E-state index contributed by atoms with van der Waals surface area (Å²) in [5.74, 6) is 0.773. The first kappa shape index (κ1) is 12.0. The Morgan fingerprint density at radius 3 is 2.53 bits per heavy atom. The summed E-state index contributed by atoms with van der Waals surface area (Å²) in [4.78, 5) is 2.22. The topological polar surface area (TPSA) is 58.7 Å². The Labute approximate surface area is 102 Å². The van der Waals surface area contributed by atoms with Gasteiger partial charge in [-0.3, -0.25) is 0 Å². The zero-order valence-electron chi connectivity index (χ0n) is 10.4. The van der Waals surface area contributed by atoms with Crippen molar-refractivity contribution in [3.63, 3.8) is 0 Å². The third kappa shape index (κ3) is 2.64. The molecular weight excluding hydrogens is 216 g/mol. The molecule has 1 fully saturated rings. The molecule has 1 aromatic rings. The lowest BCUT2D eigenvalue weighted by molar-refractivity contribution is 0.0351. The van der Waals surface area contributed by atoms with E-state index in [9.17, 15) is 5.11 Å². The van der Waals surface area contributed by atoms with Crippen LogP contribution in [0.25, 0.3) is 0 Å². The van der Waals surface area contributed by atoms with Crippen LogP contribution >= 0.6 is 0 Å². The average Bonchev–Trinajstić information content (AvgIpc) is 2.29. The number of methoxy groups -OCH3 is 1. The predicted molar refractivity (Wildman–Crippen MR) is 69.5 cm³/mol. The summed E-state index contributed by atoms with van der Waals surface area (Å²) < 4.78 is 5.13. The minimum absolute atomic E-state index is 0.530. The number of hydrogen-bond acceptors (Lipinski definition) is 4. The summed E-state index contributed by atoms with van der Waals surface area (Å²) in [7, 11) is 1.63. The third-order valence-electron chi connectivity index (χ3n) is 3.42. The number of aliphatic hydroxyl groups is 1. The summed E-state index contributed by atoms with van der Waals surface area (Å²) in [6, 6.07) is 5.73. The molecule has 2 rings (SSSR count). The molecule has 0 amide bonds. The van der Waals surface area contributed by atoms with Crippen LogP contribution in [-0.4, -0.2) is 30.9 Å². The highest BCUT2D eigenvalue weighted by Crippen LogP contribution is 2.31. The molecule has 0 radical (unpaired) electrons. The number of benzene rings is 1. The van der Waals surface area contributed by atoms with E-state index in [0.717, 1.165) is 43.1 Å². The second-order valence-electron chi connectivity index (χ2n) is 4.91. The van der Waals surface area contributed by atoms with Gasteiger partial charge in [-0.2, -0.15) is 0 Å². The first-order valence-electron chi connectivity index (χ1n) is 5.93. The first-order chi connectivity index (χ1) is 8.02. The molecule has 0 unspecified atom stereocenters. The van der Waals surface area contributed by atoms with Crippen molar-refractivity contribution in [2.24, 2.45) is 0 Å². The van der Waals surface area contributed by atoms with E-state index in [1.807, 2.05) is 25.1 Å². The molecule has 1 aliphatic rings. The van der Waals surface area contributed by atoms with Crippen molar-refractivity contribution >= 4 is 11.4 Å². The lowest BCUT2D eigenvalue weighted by Crippen LogP contribution is -2.42. The fourth-order valence-corrected chi connectivity index (χ4v) is 2.18. The Morgan fingerprint density at radius 1 is 1.35 bits per heavy atom. The monoisotopic (exact) mass is 236 g/mol. The van der Waals surface area contributed by atoms with Gasteiger partial charge in [0.2, 0.25) is 0 Å². The molecule has 94 valence electrons. The second kappa shape index (κ2) is 4.45. The lowest BCUT2D eigenvalue weighted by atomic mass is 9.93. The predicted octanol–water partition coefficient (Wildman–Crippen LogP) is 1.63. The van der Waals surface area contributed by atoms with Crippen molar-refractivity contribution in [3.05, 3.63) is 18.2 Å². The quantitative estimate of drug-likeness (QED) is 0.766. The summed E-state index contributed by atoms with van der Waals surface area (Å²) >= 11 is 0. The van der Waals surface area contributed by atoms with Crippen molar-refractivity contribution in [3.8, 4) is 5.75 Å². The molecular formula is C13H20N2O2. The Morgan fingerprint density at radius 2 is 2.00 bits per heavy atom. The van der Waals surface area contributed by atoms with Crippen molar-refractivity contribution in [2.45, 2.75) is 25.4 Å². The minimum atomic E-state index is -0.530. The molecule has 3 N–H and O–H groups in total.